The molecule has 0 unspecified atom stereocenters. The number of anilines is 1. The SMILES string of the molecule is CN(C)CCOC(=O)COc1ccc(Cl)cc1.Cl.Nc1ncnc2nc[nH]c12. The minimum Gasteiger partial charge on any atom is -0.482 e. The largest absolute Gasteiger partial charge is 0.482 e. The maximum atomic E-state index is 11.3. The van der Waals surface area contributed by atoms with Crippen molar-refractivity contribution in [1.82, 2.24) is 24.8 Å². The van der Waals surface area contributed by atoms with E-state index in [1.807, 2.05) is 19.0 Å². The van der Waals surface area contributed by atoms with Crippen LogP contribution in [0, 0.1) is 0 Å². The van der Waals surface area contributed by atoms with Gasteiger partial charge < -0.3 is 25.1 Å². The molecule has 1 aromatic carbocycles. The maximum absolute atomic E-state index is 11.3. The first-order valence-electron chi connectivity index (χ1n) is 8.04. The molecule has 0 aliphatic heterocycles. The minimum atomic E-state index is -0.373. The van der Waals surface area contributed by atoms with Crippen molar-refractivity contribution in [2.45, 2.75) is 0 Å². The topological polar surface area (TPSA) is 119 Å². The van der Waals surface area contributed by atoms with Gasteiger partial charge in [-0.2, -0.15) is 0 Å². The molecule has 0 atom stereocenters. The quantitative estimate of drug-likeness (QED) is 0.573. The van der Waals surface area contributed by atoms with E-state index in [1.165, 1.54) is 12.7 Å². The van der Waals surface area contributed by atoms with Crippen molar-refractivity contribution in [3.8, 4) is 5.75 Å². The van der Waals surface area contributed by atoms with Crippen molar-refractivity contribution in [1.29, 1.82) is 0 Å². The van der Waals surface area contributed by atoms with E-state index in [2.05, 4.69) is 19.9 Å². The maximum Gasteiger partial charge on any atom is 0.344 e. The Kier molecular flexibility index (Phi) is 10.0. The zero-order valence-corrected chi connectivity index (χ0v) is 17.0. The van der Waals surface area contributed by atoms with Gasteiger partial charge in [0.2, 0.25) is 0 Å². The van der Waals surface area contributed by atoms with Crippen molar-refractivity contribution in [2.75, 3.05) is 39.6 Å². The van der Waals surface area contributed by atoms with Crippen LogP contribution in [0.4, 0.5) is 5.82 Å². The monoisotopic (exact) mass is 428 g/mol. The number of nitrogens with one attached hydrogen (secondary N) is 1. The van der Waals surface area contributed by atoms with Gasteiger partial charge in [-0.25, -0.2) is 19.7 Å². The third-order valence-electron chi connectivity index (χ3n) is 3.22. The molecular formula is C17H22Cl2N6O3. The molecule has 0 aliphatic rings. The summed E-state index contributed by atoms with van der Waals surface area (Å²) < 4.78 is 10.2. The van der Waals surface area contributed by atoms with Crippen LogP contribution in [-0.2, 0) is 9.53 Å². The number of benzene rings is 1. The van der Waals surface area contributed by atoms with E-state index in [-0.39, 0.29) is 25.0 Å². The number of ether oxygens (including phenoxy) is 2. The Morgan fingerprint density at radius 2 is 1.93 bits per heavy atom. The molecule has 28 heavy (non-hydrogen) atoms. The average Bonchev–Trinajstić information content (AvgIpc) is 3.12. The second-order valence-corrected chi connectivity index (χ2v) is 6.06. The number of likely N-dealkylation sites (N-methyl/N-ethyl adjacent to an activating group) is 1. The Morgan fingerprint density at radius 3 is 2.57 bits per heavy atom. The molecular weight excluding hydrogens is 407 g/mol. The van der Waals surface area contributed by atoms with Crippen LogP contribution in [0.3, 0.4) is 0 Å². The molecule has 2 heterocycles. The summed E-state index contributed by atoms with van der Waals surface area (Å²) in [5, 5.41) is 0.630. The van der Waals surface area contributed by atoms with Gasteiger partial charge in [-0.3, -0.25) is 0 Å². The summed E-state index contributed by atoms with van der Waals surface area (Å²) in [7, 11) is 3.83. The van der Waals surface area contributed by atoms with Crippen molar-refractivity contribution < 1.29 is 14.3 Å². The molecule has 0 saturated carbocycles. The highest BCUT2D eigenvalue weighted by atomic mass is 35.5. The zero-order valence-electron chi connectivity index (χ0n) is 15.5. The fraction of sp³-hybridized carbons (Fsp3) is 0.294. The summed E-state index contributed by atoms with van der Waals surface area (Å²) >= 11 is 5.72. The number of H-pyrrole nitrogens is 1. The van der Waals surface area contributed by atoms with Crippen molar-refractivity contribution in [3.05, 3.63) is 41.9 Å². The summed E-state index contributed by atoms with van der Waals surface area (Å²) in [4.78, 5) is 27.6. The summed E-state index contributed by atoms with van der Waals surface area (Å²) in [6, 6.07) is 6.81. The Balaban J connectivity index is 0.000000302. The molecule has 9 nitrogen and oxygen atoms in total. The second-order valence-electron chi connectivity index (χ2n) is 5.63. The molecule has 0 saturated heterocycles. The Morgan fingerprint density at radius 1 is 1.21 bits per heavy atom. The standard InChI is InChI=1S/C12H16ClNO3.C5H5N5.ClH/c1-14(2)7-8-16-12(15)9-17-11-5-3-10(13)4-6-11;6-4-3-5(9-1-7-3)10-2-8-4;/h3-6H,7-9H2,1-2H3;1-2H,(H3,6,7,8,9,10);1H. The van der Waals surface area contributed by atoms with Gasteiger partial charge in [0.15, 0.2) is 18.1 Å². The molecule has 2 aromatic heterocycles. The Labute approximate surface area is 173 Å². The highest BCUT2D eigenvalue weighted by molar-refractivity contribution is 6.30. The fourth-order valence-corrected chi connectivity index (χ4v) is 1.97. The van der Waals surface area contributed by atoms with Crippen LogP contribution in [0.15, 0.2) is 36.9 Å². The first-order valence-corrected chi connectivity index (χ1v) is 8.42. The number of halogens is 2. The van der Waals surface area contributed by atoms with Gasteiger partial charge in [-0.05, 0) is 38.4 Å². The van der Waals surface area contributed by atoms with Crippen LogP contribution in [0.2, 0.25) is 5.02 Å². The van der Waals surface area contributed by atoms with E-state index < -0.39 is 0 Å². The van der Waals surface area contributed by atoms with Gasteiger partial charge in [0, 0.05) is 11.6 Å². The molecule has 0 bridgehead atoms. The predicted molar refractivity (Wildman–Crippen MR) is 110 cm³/mol. The number of esters is 1. The van der Waals surface area contributed by atoms with E-state index in [0.29, 0.717) is 40.9 Å². The molecule has 0 radical (unpaired) electrons. The predicted octanol–water partition coefficient (Wildman–Crippen LogP) is 2.18. The number of carbonyl (C=O) groups is 1. The van der Waals surface area contributed by atoms with Gasteiger partial charge in [0.25, 0.3) is 0 Å². The van der Waals surface area contributed by atoms with E-state index in [9.17, 15) is 4.79 Å². The normalized spacial score (nSPS) is 10.0. The smallest absolute Gasteiger partial charge is 0.344 e. The molecule has 0 amide bonds. The van der Waals surface area contributed by atoms with E-state index in [4.69, 9.17) is 26.8 Å². The fourth-order valence-electron chi connectivity index (χ4n) is 1.84. The Hall–Kier alpha value is -2.62. The zero-order chi connectivity index (χ0) is 19.6. The number of hydrogen-bond acceptors (Lipinski definition) is 8. The van der Waals surface area contributed by atoms with Crippen LogP contribution < -0.4 is 10.5 Å². The number of nitrogen functional groups attached to an aromatic ring is 1. The van der Waals surface area contributed by atoms with Gasteiger partial charge in [-0.15, -0.1) is 12.4 Å². The number of carbonyl (C=O) groups excluding carboxylic acids is 1. The number of hydrogen-bond donors (Lipinski definition) is 2. The number of rotatable bonds is 6. The summed E-state index contributed by atoms with van der Waals surface area (Å²) in [5.41, 5.74) is 6.78. The van der Waals surface area contributed by atoms with Gasteiger partial charge in [-0.1, -0.05) is 11.6 Å². The first-order chi connectivity index (χ1) is 13.0. The minimum absolute atomic E-state index is 0. The van der Waals surface area contributed by atoms with Gasteiger partial charge in [0.05, 0.1) is 6.33 Å². The lowest BCUT2D eigenvalue weighted by molar-refractivity contribution is -0.146. The van der Waals surface area contributed by atoms with Crippen LogP contribution >= 0.6 is 24.0 Å². The summed E-state index contributed by atoms with van der Waals surface area (Å²) in [6.07, 6.45) is 2.92. The molecule has 0 fully saturated rings. The van der Waals surface area contributed by atoms with E-state index in [1.54, 1.807) is 24.3 Å². The Bertz CT molecular complexity index is 857. The lowest BCUT2D eigenvalue weighted by atomic mass is 10.3. The van der Waals surface area contributed by atoms with E-state index in [0.717, 1.165) is 0 Å². The number of nitrogens with zero attached hydrogens (tertiary/aromatic N) is 4. The highest BCUT2D eigenvalue weighted by Gasteiger charge is 2.04. The van der Waals surface area contributed by atoms with E-state index >= 15 is 0 Å². The lowest BCUT2D eigenvalue weighted by Crippen LogP contribution is -2.22. The average molecular weight is 429 g/mol. The number of fused-ring (bicyclic) bond motifs is 1. The summed E-state index contributed by atoms with van der Waals surface area (Å²) in [5.74, 6) is 0.656. The number of nitrogens with two attached hydrogens (primary N) is 1. The third kappa shape index (κ3) is 7.95. The van der Waals surface area contributed by atoms with Crippen molar-refractivity contribution in [2.24, 2.45) is 0 Å². The molecule has 11 heteroatoms. The molecule has 3 rings (SSSR count). The first kappa shape index (κ1) is 23.4. The number of imidazole rings is 1. The van der Waals surface area contributed by atoms with Crippen LogP contribution in [0.1, 0.15) is 0 Å². The molecule has 152 valence electrons. The molecule has 0 aliphatic carbocycles. The van der Waals surface area contributed by atoms with Crippen LogP contribution in [-0.4, -0.2) is 64.7 Å². The summed E-state index contributed by atoms with van der Waals surface area (Å²) in [6.45, 7) is 0.984. The van der Waals surface area contributed by atoms with Crippen molar-refractivity contribution in [3.63, 3.8) is 0 Å². The number of aromatic nitrogens is 4. The van der Waals surface area contributed by atoms with Crippen molar-refractivity contribution >= 4 is 47.0 Å². The van der Waals surface area contributed by atoms with Crippen LogP contribution in [0.25, 0.3) is 11.2 Å². The van der Waals surface area contributed by atoms with Gasteiger partial charge in [0.1, 0.15) is 24.2 Å². The molecule has 0 spiro atoms. The highest BCUT2D eigenvalue weighted by Crippen LogP contribution is 2.15. The van der Waals surface area contributed by atoms with Gasteiger partial charge >= 0.3 is 5.97 Å². The molecule has 3 N–H and O–H groups in total. The lowest BCUT2D eigenvalue weighted by Gasteiger charge is -2.10. The van der Waals surface area contributed by atoms with Crippen LogP contribution in [0.5, 0.6) is 5.75 Å². The third-order valence-corrected chi connectivity index (χ3v) is 3.48. The second kappa shape index (κ2) is 12.0. The molecule has 3 aromatic rings. The number of aromatic amines is 1.